The Balaban J connectivity index is 0.00000300. The minimum atomic E-state index is -0.223. The number of rotatable bonds is 5. The van der Waals surface area contributed by atoms with Crippen LogP contribution in [0.25, 0.3) is 0 Å². The molecule has 1 atom stereocenters. The largest absolute Gasteiger partial charge is 0.368 e. The molecule has 164 valence electrons. The number of hydrogen-bond acceptors (Lipinski definition) is 4. The third kappa shape index (κ3) is 5.84. The van der Waals surface area contributed by atoms with Gasteiger partial charge in [-0.05, 0) is 45.6 Å². The molecule has 0 aliphatic carbocycles. The number of aromatic nitrogens is 2. The van der Waals surface area contributed by atoms with Crippen molar-refractivity contribution < 1.29 is 9.53 Å². The molecule has 3 rings (SSSR count). The Morgan fingerprint density at radius 2 is 1.93 bits per heavy atom. The second-order valence-corrected chi connectivity index (χ2v) is 7.57. The maximum atomic E-state index is 12.5. The second kappa shape index (κ2) is 11.1. The molecule has 2 saturated heterocycles. The molecule has 1 aromatic heterocycles. The van der Waals surface area contributed by atoms with E-state index in [9.17, 15) is 4.79 Å². The van der Waals surface area contributed by atoms with Gasteiger partial charge in [0.1, 0.15) is 6.10 Å². The van der Waals surface area contributed by atoms with Crippen LogP contribution in [0.5, 0.6) is 0 Å². The fourth-order valence-electron chi connectivity index (χ4n) is 3.99. The highest BCUT2D eigenvalue weighted by Crippen LogP contribution is 2.16. The summed E-state index contributed by atoms with van der Waals surface area (Å²) in [4.78, 5) is 21.6. The molecule has 0 saturated carbocycles. The number of aliphatic imine (C=N–C) groups is 1. The second-order valence-electron chi connectivity index (χ2n) is 7.57. The summed E-state index contributed by atoms with van der Waals surface area (Å²) in [6.07, 6.45) is 2.51. The lowest BCUT2D eigenvalue weighted by molar-refractivity contribution is -0.142. The summed E-state index contributed by atoms with van der Waals surface area (Å²) in [5, 5.41) is 7.89. The van der Waals surface area contributed by atoms with Crippen molar-refractivity contribution in [1.82, 2.24) is 24.9 Å². The molecule has 1 unspecified atom stereocenters. The van der Waals surface area contributed by atoms with Crippen LogP contribution in [-0.2, 0) is 23.0 Å². The lowest BCUT2D eigenvalue weighted by atomic mass is 10.1. The van der Waals surface area contributed by atoms with Crippen molar-refractivity contribution in [3.63, 3.8) is 0 Å². The van der Waals surface area contributed by atoms with Gasteiger partial charge in [-0.3, -0.25) is 14.5 Å². The van der Waals surface area contributed by atoms with E-state index in [4.69, 9.17) is 9.73 Å². The third-order valence-electron chi connectivity index (χ3n) is 5.71. The minimum Gasteiger partial charge on any atom is -0.368 e. The van der Waals surface area contributed by atoms with Crippen LogP contribution in [0.3, 0.4) is 0 Å². The predicted molar refractivity (Wildman–Crippen MR) is 125 cm³/mol. The minimum absolute atomic E-state index is 0. The Labute approximate surface area is 191 Å². The Morgan fingerprint density at radius 1 is 1.24 bits per heavy atom. The van der Waals surface area contributed by atoms with Crippen LogP contribution in [0.4, 0.5) is 0 Å². The highest BCUT2D eigenvalue weighted by atomic mass is 127. The summed E-state index contributed by atoms with van der Waals surface area (Å²) in [6.45, 7) is 11.6. The molecule has 0 aromatic carbocycles. The Hall–Kier alpha value is -1.36. The summed E-state index contributed by atoms with van der Waals surface area (Å²) in [5.41, 5.74) is 3.58. The van der Waals surface area contributed by atoms with Crippen LogP contribution in [0.1, 0.15) is 36.7 Å². The van der Waals surface area contributed by atoms with E-state index in [1.165, 1.54) is 11.3 Å². The van der Waals surface area contributed by atoms with E-state index in [2.05, 4.69) is 36.1 Å². The Kier molecular flexibility index (Phi) is 9.19. The molecular formula is C20H35IN6O2. The van der Waals surface area contributed by atoms with Gasteiger partial charge >= 0.3 is 0 Å². The topological polar surface area (TPSA) is 75.0 Å². The molecule has 9 heteroatoms. The van der Waals surface area contributed by atoms with E-state index in [1.807, 2.05) is 16.6 Å². The molecular weight excluding hydrogens is 483 g/mol. The highest BCUT2D eigenvalue weighted by molar-refractivity contribution is 14.0. The van der Waals surface area contributed by atoms with Gasteiger partial charge < -0.3 is 19.9 Å². The quantitative estimate of drug-likeness (QED) is 0.363. The maximum Gasteiger partial charge on any atom is 0.251 e. The number of halogens is 1. The van der Waals surface area contributed by atoms with Crippen LogP contribution < -0.4 is 5.32 Å². The molecule has 2 aliphatic rings. The first kappa shape index (κ1) is 23.9. The van der Waals surface area contributed by atoms with Gasteiger partial charge in [-0.2, -0.15) is 5.10 Å². The summed E-state index contributed by atoms with van der Waals surface area (Å²) in [6, 6.07) is 0. The number of aryl methyl sites for hydroxylation is 2. The zero-order valence-corrected chi connectivity index (χ0v) is 20.4. The van der Waals surface area contributed by atoms with Gasteiger partial charge in [0.2, 0.25) is 0 Å². The van der Waals surface area contributed by atoms with Crippen molar-refractivity contribution in [2.75, 3.05) is 45.9 Å². The van der Waals surface area contributed by atoms with Crippen molar-refractivity contribution in [3.8, 4) is 0 Å². The average molecular weight is 518 g/mol. The van der Waals surface area contributed by atoms with E-state index in [-0.39, 0.29) is 36.0 Å². The van der Waals surface area contributed by atoms with Crippen LogP contribution in [0, 0.1) is 13.8 Å². The highest BCUT2D eigenvalue weighted by Gasteiger charge is 2.30. The first-order chi connectivity index (χ1) is 13.5. The molecule has 1 amide bonds. The van der Waals surface area contributed by atoms with Crippen molar-refractivity contribution in [1.29, 1.82) is 0 Å². The van der Waals surface area contributed by atoms with Gasteiger partial charge in [-0.25, -0.2) is 0 Å². The van der Waals surface area contributed by atoms with E-state index in [0.717, 1.165) is 70.2 Å². The predicted octanol–water partition coefficient (Wildman–Crippen LogP) is 1.49. The van der Waals surface area contributed by atoms with E-state index in [0.29, 0.717) is 6.61 Å². The van der Waals surface area contributed by atoms with Crippen molar-refractivity contribution >= 4 is 35.8 Å². The fourth-order valence-corrected chi connectivity index (χ4v) is 3.99. The monoisotopic (exact) mass is 518 g/mol. The van der Waals surface area contributed by atoms with Gasteiger partial charge in [-0.1, -0.05) is 0 Å². The number of hydrogen-bond donors (Lipinski definition) is 1. The van der Waals surface area contributed by atoms with Crippen LogP contribution >= 0.6 is 24.0 Å². The van der Waals surface area contributed by atoms with E-state index < -0.39 is 0 Å². The molecule has 0 spiro atoms. The summed E-state index contributed by atoms with van der Waals surface area (Å²) in [7, 11) is 1.98. The average Bonchev–Trinajstić information content (AvgIpc) is 3.31. The van der Waals surface area contributed by atoms with Crippen LogP contribution in [0.15, 0.2) is 4.99 Å². The fraction of sp³-hybridized carbons (Fsp3) is 0.750. The molecule has 8 nitrogen and oxygen atoms in total. The summed E-state index contributed by atoms with van der Waals surface area (Å²) in [5.74, 6) is 1.09. The normalized spacial score (nSPS) is 20.0. The SMILES string of the molecule is CCNC(=NCCc1c(C)nn(C)c1C)N1CCN(C(=O)C2CCCO2)CC1.I. The number of nitrogens with one attached hydrogen (secondary N) is 1. The van der Waals surface area contributed by atoms with Gasteiger partial charge in [0.15, 0.2) is 5.96 Å². The number of piperazine rings is 1. The van der Waals surface area contributed by atoms with Crippen molar-refractivity contribution in [2.45, 2.75) is 46.1 Å². The molecule has 3 heterocycles. The first-order valence-corrected chi connectivity index (χ1v) is 10.4. The van der Waals surface area contributed by atoms with Crippen LogP contribution in [-0.4, -0.2) is 83.4 Å². The van der Waals surface area contributed by atoms with Crippen LogP contribution in [0.2, 0.25) is 0 Å². The van der Waals surface area contributed by atoms with Gasteiger partial charge in [0, 0.05) is 58.6 Å². The van der Waals surface area contributed by atoms with Crippen molar-refractivity contribution in [2.24, 2.45) is 12.0 Å². The molecule has 2 fully saturated rings. The molecule has 2 aliphatic heterocycles. The maximum absolute atomic E-state index is 12.5. The number of carbonyl (C=O) groups excluding carboxylic acids is 1. The number of amides is 1. The lowest BCUT2D eigenvalue weighted by Crippen LogP contribution is -2.55. The number of ether oxygens (including phenoxy) is 1. The molecule has 0 radical (unpaired) electrons. The molecule has 0 bridgehead atoms. The van der Waals surface area contributed by atoms with Gasteiger partial charge in [0.25, 0.3) is 5.91 Å². The summed E-state index contributed by atoms with van der Waals surface area (Å²) >= 11 is 0. The van der Waals surface area contributed by atoms with Gasteiger partial charge in [-0.15, -0.1) is 24.0 Å². The van der Waals surface area contributed by atoms with E-state index >= 15 is 0 Å². The summed E-state index contributed by atoms with van der Waals surface area (Å²) < 4.78 is 7.48. The number of nitrogens with zero attached hydrogens (tertiary/aromatic N) is 5. The standard InChI is InChI=1S/C20H34N6O2.HI/c1-5-21-20(22-9-8-17-15(2)23-24(4)16(17)3)26-12-10-25(11-13-26)19(27)18-7-6-14-28-18;/h18H,5-14H2,1-4H3,(H,21,22);1H. The third-order valence-corrected chi connectivity index (χ3v) is 5.71. The van der Waals surface area contributed by atoms with Gasteiger partial charge in [0.05, 0.1) is 5.69 Å². The molecule has 29 heavy (non-hydrogen) atoms. The Bertz CT molecular complexity index is 706. The molecule has 1 N–H and O–H groups in total. The van der Waals surface area contributed by atoms with Crippen molar-refractivity contribution in [3.05, 3.63) is 17.0 Å². The smallest absolute Gasteiger partial charge is 0.251 e. The lowest BCUT2D eigenvalue weighted by Gasteiger charge is -2.37. The zero-order chi connectivity index (χ0) is 20.1. The number of carbonyl (C=O) groups is 1. The zero-order valence-electron chi connectivity index (χ0n) is 18.1. The molecule has 1 aromatic rings. The number of guanidine groups is 1. The van der Waals surface area contributed by atoms with E-state index in [1.54, 1.807) is 0 Å². The first-order valence-electron chi connectivity index (χ1n) is 10.4. The Morgan fingerprint density at radius 3 is 2.48 bits per heavy atom.